The van der Waals surface area contributed by atoms with Crippen molar-refractivity contribution in [3.05, 3.63) is 53.6 Å². The highest BCUT2D eigenvalue weighted by molar-refractivity contribution is 7.99. The molecule has 1 aliphatic heterocycles. The lowest BCUT2D eigenvalue weighted by atomic mass is 10.0. The van der Waals surface area contributed by atoms with E-state index in [1.807, 2.05) is 19.3 Å². The third-order valence-corrected chi connectivity index (χ3v) is 4.45. The predicted molar refractivity (Wildman–Crippen MR) is 87.2 cm³/mol. The van der Waals surface area contributed by atoms with Crippen molar-refractivity contribution in [3.63, 3.8) is 0 Å². The Morgan fingerprint density at radius 2 is 1.78 bits per heavy atom. The number of allylic oxidation sites excluding steroid dienone is 3. The summed E-state index contributed by atoms with van der Waals surface area (Å²) < 4.78 is 48.7. The molecule has 0 saturated carbocycles. The van der Waals surface area contributed by atoms with Crippen molar-refractivity contribution >= 4 is 17.3 Å². The molecule has 0 aliphatic carbocycles. The lowest BCUT2D eigenvalue weighted by molar-refractivity contribution is -0.146. The molecule has 1 saturated heterocycles. The molecule has 0 atom stereocenters. The molecule has 0 radical (unpaired) electrons. The molecule has 23 heavy (non-hydrogen) atoms. The molecule has 126 valence electrons. The van der Waals surface area contributed by atoms with Crippen LogP contribution in [0.25, 0.3) is 5.57 Å². The van der Waals surface area contributed by atoms with Crippen molar-refractivity contribution in [2.24, 2.45) is 0 Å². The number of hydrogen-bond donors (Lipinski definition) is 0. The van der Waals surface area contributed by atoms with Crippen LogP contribution in [0.1, 0.15) is 18.1 Å². The van der Waals surface area contributed by atoms with Gasteiger partial charge in [-0.05, 0) is 42.5 Å². The molecule has 1 aromatic carbocycles. The van der Waals surface area contributed by atoms with Crippen LogP contribution in [0.4, 0.5) is 13.2 Å². The van der Waals surface area contributed by atoms with Gasteiger partial charge in [0, 0.05) is 0 Å². The van der Waals surface area contributed by atoms with E-state index in [0.29, 0.717) is 18.5 Å². The molecule has 0 aromatic heterocycles. The summed E-state index contributed by atoms with van der Waals surface area (Å²) in [4.78, 5) is 0. The van der Waals surface area contributed by atoms with Gasteiger partial charge >= 0.3 is 6.18 Å². The number of halogens is 3. The first-order valence-corrected chi connectivity index (χ1v) is 8.47. The van der Waals surface area contributed by atoms with Crippen molar-refractivity contribution in [3.8, 4) is 0 Å². The highest BCUT2D eigenvalue weighted by Gasteiger charge is 2.29. The number of benzene rings is 1. The molecule has 0 bridgehead atoms. The fourth-order valence-corrected chi connectivity index (χ4v) is 2.49. The average Bonchev–Trinajstić information content (AvgIpc) is 2.54. The van der Waals surface area contributed by atoms with Gasteiger partial charge in [-0.2, -0.15) is 24.9 Å². The predicted octanol–water partition coefficient (Wildman–Crippen LogP) is 4.77. The summed E-state index contributed by atoms with van der Waals surface area (Å²) in [6.45, 7) is 3.15. The Morgan fingerprint density at radius 3 is 2.30 bits per heavy atom. The molecule has 0 spiro atoms. The number of alkyl halides is 3. The second-order valence-electron chi connectivity index (χ2n) is 5.20. The molecule has 0 N–H and O–H groups in total. The molecule has 1 fully saturated rings. The van der Waals surface area contributed by atoms with Crippen LogP contribution in [0.5, 0.6) is 0 Å². The van der Waals surface area contributed by atoms with E-state index in [1.165, 1.54) is 12.1 Å². The standard InChI is InChI=1S/C17H19F3O2S/c1-12(13-6-8-14(9-7-13)17(18,19)20)4-3-5-16-21-10-15(23-2)11-22-16/h3-9,15-16H,10-11H2,1-2H3. The minimum Gasteiger partial charge on any atom is -0.348 e. The molecular weight excluding hydrogens is 325 g/mol. The maximum absolute atomic E-state index is 12.5. The number of hydrogen-bond acceptors (Lipinski definition) is 3. The zero-order valence-corrected chi connectivity index (χ0v) is 13.8. The van der Waals surface area contributed by atoms with Crippen LogP contribution in [-0.2, 0) is 15.7 Å². The second-order valence-corrected chi connectivity index (χ2v) is 6.34. The number of rotatable bonds is 4. The van der Waals surface area contributed by atoms with Crippen LogP contribution in [0.2, 0.25) is 0 Å². The van der Waals surface area contributed by atoms with Gasteiger partial charge in [-0.15, -0.1) is 0 Å². The molecule has 2 nitrogen and oxygen atoms in total. The van der Waals surface area contributed by atoms with E-state index in [1.54, 1.807) is 23.9 Å². The van der Waals surface area contributed by atoms with E-state index in [4.69, 9.17) is 9.47 Å². The van der Waals surface area contributed by atoms with Crippen LogP contribution in [-0.4, -0.2) is 31.0 Å². The summed E-state index contributed by atoms with van der Waals surface area (Å²) in [7, 11) is 0. The normalized spacial score (nSPS) is 23.4. The fourth-order valence-electron chi connectivity index (χ4n) is 2.06. The van der Waals surface area contributed by atoms with Gasteiger partial charge in [0.05, 0.1) is 24.0 Å². The summed E-state index contributed by atoms with van der Waals surface area (Å²) >= 11 is 1.71. The van der Waals surface area contributed by atoms with Crippen LogP contribution in [0.3, 0.4) is 0 Å². The van der Waals surface area contributed by atoms with Gasteiger partial charge in [0.25, 0.3) is 0 Å². The highest BCUT2D eigenvalue weighted by Crippen LogP contribution is 2.30. The first-order chi connectivity index (χ1) is 10.9. The van der Waals surface area contributed by atoms with Crippen molar-refractivity contribution in [2.75, 3.05) is 19.5 Å². The van der Waals surface area contributed by atoms with E-state index in [-0.39, 0.29) is 6.29 Å². The van der Waals surface area contributed by atoms with Gasteiger partial charge in [-0.25, -0.2) is 0 Å². The smallest absolute Gasteiger partial charge is 0.348 e. The maximum atomic E-state index is 12.5. The third-order valence-electron chi connectivity index (χ3n) is 3.51. The van der Waals surface area contributed by atoms with E-state index in [2.05, 4.69) is 0 Å². The monoisotopic (exact) mass is 344 g/mol. The van der Waals surface area contributed by atoms with E-state index in [9.17, 15) is 13.2 Å². The zero-order chi connectivity index (χ0) is 16.9. The quantitative estimate of drug-likeness (QED) is 0.733. The highest BCUT2D eigenvalue weighted by atomic mass is 32.2. The summed E-state index contributed by atoms with van der Waals surface area (Å²) in [5.74, 6) is 0. The Kier molecular flexibility index (Phi) is 6.33. The fraction of sp³-hybridized carbons (Fsp3) is 0.412. The van der Waals surface area contributed by atoms with Gasteiger partial charge in [-0.3, -0.25) is 0 Å². The molecule has 0 unspecified atom stereocenters. The van der Waals surface area contributed by atoms with Crippen molar-refractivity contribution in [1.82, 2.24) is 0 Å². The van der Waals surface area contributed by atoms with Crippen molar-refractivity contribution < 1.29 is 22.6 Å². The molecule has 0 amide bonds. The minimum absolute atomic E-state index is 0.365. The largest absolute Gasteiger partial charge is 0.416 e. The van der Waals surface area contributed by atoms with E-state index >= 15 is 0 Å². The zero-order valence-electron chi connectivity index (χ0n) is 13.0. The Balaban J connectivity index is 1.93. The van der Waals surface area contributed by atoms with Crippen LogP contribution < -0.4 is 0 Å². The Hall–Kier alpha value is -1.24. The molecule has 1 aromatic rings. The van der Waals surface area contributed by atoms with Crippen LogP contribution in [0.15, 0.2) is 42.5 Å². The van der Waals surface area contributed by atoms with E-state index < -0.39 is 11.7 Å². The average molecular weight is 344 g/mol. The minimum atomic E-state index is -4.31. The van der Waals surface area contributed by atoms with Crippen molar-refractivity contribution in [2.45, 2.75) is 24.6 Å². The SMILES string of the molecule is CSC1COC(C=CC=C(C)c2ccc(C(F)(F)F)cc2)OC1. The number of thioether (sulfide) groups is 1. The Bertz CT molecular complexity index is 556. The number of ether oxygens (including phenoxy) is 2. The third kappa shape index (κ3) is 5.41. The summed E-state index contributed by atoms with van der Waals surface area (Å²) in [6.07, 6.45) is 2.77. The molecule has 2 rings (SSSR count). The Labute approximate surface area is 138 Å². The summed E-state index contributed by atoms with van der Waals surface area (Å²) in [5.41, 5.74) is 0.972. The molecule has 6 heteroatoms. The van der Waals surface area contributed by atoms with Crippen LogP contribution >= 0.6 is 11.8 Å². The topological polar surface area (TPSA) is 18.5 Å². The van der Waals surface area contributed by atoms with Crippen LogP contribution in [0, 0.1) is 0 Å². The molecular formula is C17H19F3O2S. The van der Waals surface area contributed by atoms with Gasteiger partial charge in [-0.1, -0.05) is 24.3 Å². The maximum Gasteiger partial charge on any atom is 0.416 e. The second kappa shape index (κ2) is 8.04. The van der Waals surface area contributed by atoms with Gasteiger partial charge < -0.3 is 9.47 Å². The van der Waals surface area contributed by atoms with Gasteiger partial charge in [0.1, 0.15) is 0 Å². The van der Waals surface area contributed by atoms with E-state index in [0.717, 1.165) is 23.3 Å². The lowest BCUT2D eigenvalue weighted by Gasteiger charge is -2.26. The van der Waals surface area contributed by atoms with Gasteiger partial charge in [0.15, 0.2) is 6.29 Å². The lowest BCUT2D eigenvalue weighted by Crippen LogP contribution is -2.32. The molecule has 1 heterocycles. The molecule has 1 aliphatic rings. The first kappa shape index (κ1) is 18.1. The summed E-state index contributed by atoms with van der Waals surface area (Å²) in [6, 6.07) is 5.12. The Morgan fingerprint density at radius 1 is 1.17 bits per heavy atom. The van der Waals surface area contributed by atoms with Crippen molar-refractivity contribution in [1.29, 1.82) is 0 Å². The summed E-state index contributed by atoms with van der Waals surface area (Å²) in [5, 5.41) is 0.365. The van der Waals surface area contributed by atoms with Gasteiger partial charge in [0.2, 0.25) is 0 Å². The first-order valence-electron chi connectivity index (χ1n) is 7.19.